The number of amides is 1. The Kier molecular flexibility index (Phi) is 8.48. The highest BCUT2D eigenvalue weighted by molar-refractivity contribution is 8.26. The van der Waals surface area contributed by atoms with E-state index in [4.69, 9.17) is 28.9 Å². The molecule has 10 heteroatoms. The third-order valence-corrected chi connectivity index (χ3v) is 7.53. The molecular formula is C21H22ClN3O3S3. The van der Waals surface area contributed by atoms with Gasteiger partial charge in [-0.1, -0.05) is 77.2 Å². The Labute approximate surface area is 199 Å². The highest BCUT2D eigenvalue weighted by Crippen LogP contribution is 2.37. The summed E-state index contributed by atoms with van der Waals surface area (Å²) in [7, 11) is 1.98. The molecule has 0 bridgehead atoms. The Morgan fingerprint density at radius 2 is 2.06 bits per heavy atom. The fraction of sp³-hybridized carbons (Fsp3) is 0.333. The number of carboxylic acid groups (broad SMARTS) is 1. The maximum atomic E-state index is 12.7. The lowest BCUT2D eigenvalue weighted by Gasteiger charge is -2.15. The van der Waals surface area contributed by atoms with Gasteiger partial charge in [0, 0.05) is 26.6 Å². The lowest BCUT2D eigenvalue weighted by atomic mass is 10.1. The lowest BCUT2D eigenvalue weighted by molar-refractivity contribution is -0.137. The fourth-order valence-corrected chi connectivity index (χ4v) is 5.57. The minimum Gasteiger partial charge on any atom is -0.481 e. The molecule has 1 N–H and O–H groups in total. The molecule has 0 radical (unpaired) electrons. The second-order valence-electron chi connectivity index (χ2n) is 6.99. The standard InChI is InChI=1S/C21H22ClN3O3S3/c1-24(11-5-9-14-7-3-2-4-8-14)20-23-18(22)15(30-20)13-16-19(28)25(21(29)31-16)12-6-10-17(26)27/h2-4,7-8,13H,5-6,9-12H2,1H3,(H,26,27). The number of thiazole rings is 1. The number of anilines is 1. The predicted octanol–water partition coefficient (Wildman–Crippen LogP) is 4.93. The van der Waals surface area contributed by atoms with Crippen LogP contribution in [0.2, 0.25) is 5.15 Å². The fourth-order valence-electron chi connectivity index (χ4n) is 3.02. The monoisotopic (exact) mass is 495 g/mol. The van der Waals surface area contributed by atoms with Gasteiger partial charge in [0.25, 0.3) is 5.91 Å². The average Bonchev–Trinajstić information content (AvgIpc) is 3.23. The van der Waals surface area contributed by atoms with Crippen LogP contribution in [0.25, 0.3) is 6.08 Å². The number of hydrogen-bond acceptors (Lipinski definition) is 7. The van der Waals surface area contributed by atoms with Gasteiger partial charge in [0.2, 0.25) is 0 Å². The van der Waals surface area contributed by atoms with Crippen LogP contribution in [0.15, 0.2) is 35.2 Å². The molecule has 0 atom stereocenters. The molecule has 31 heavy (non-hydrogen) atoms. The molecule has 0 unspecified atom stereocenters. The minimum atomic E-state index is -0.891. The van der Waals surface area contributed by atoms with Crippen molar-refractivity contribution in [2.24, 2.45) is 0 Å². The molecule has 2 aromatic rings. The molecule has 0 spiro atoms. The highest BCUT2D eigenvalue weighted by Gasteiger charge is 2.32. The summed E-state index contributed by atoms with van der Waals surface area (Å²) in [6.45, 7) is 1.13. The minimum absolute atomic E-state index is 0.00323. The number of thioether (sulfide) groups is 1. The highest BCUT2D eigenvalue weighted by atomic mass is 35.5. The van der Waals surface area contributed by atoms with Crippen molar-refractivity contribution in [1.29, 1.82) is 0 Å². The lowest BCUT2D eigenvalue weighted by Crippen LogP contribution is -2.29. The molecule has 0 saturated carbocycles. The van der Waals surface area contributed by atoms with E-state index in [1.54, 1.807) is 6.08 Å². The van der Waals surface area contributed by atoms with Gasteiger partial charge in [-0.3, -0.25) is 14.5 Å². The van der Waals surface area contributed by atoms with Gasteiger partial charge in [-0.25, -0.2) is 4.98 Å². The van der Waals surface area contributed by atoms with Gasteiger partial charge in [0.15, 0.2) is 5.13 Å². The van der Waals surface area contributed by atoms with Gasteiger partial charge >= 0.3 is 5.97 Å². The average molecular weight is 496 g/mol. The number of aromatic nitrogens is 1. The van der Waals surface area contributed by atoms with E-state index < -0.39 is 5.97 Å². The second-order valence-corrected chi connectivity index (χ2v) is 10.0. The number of thiocarbonyl (C=S) groups is 1. The van der Waals surface area contributed by atoms with Crippen LogP contribution < -0.4 is 4.90 Å². The van der Waals surface area contributed by atoms with Gasteiger partial charge in [-0.15, -0.1) is 0 Å². The first-order valence-corrected chi connectivity index (χ1v) is 12.2. The van der Waals surface area contributed by atoms with Crippen LogP contribution in [0.3, 0.4) is 0 Å². The number of halogens is 1. The number of carbonyl (C=O) groups excluding carboxylic acids is 1. The van der Waals surface area contributed by atoms with E-state index in [-0.39, 0.29) is 12.3 Å². The molecule has 0 aliphatic carbocycles. The first-order chi connectivity index (χ1) is 14.8. The van der Waals surface area contributed by atoms with Crippen molar-refractivity contribution in [3.63, 3.8) is 0 Å². The maximum absolute atomic E-state index is 12.7. The molecule has 2 heterocycles. The molecule has 1 aliphatic heterocycles. The molecule has 164 valence electrons. The number of aryl methyl sites for hydroxylation is 1. The van der Waals surface area contributed by atoms with Gasteiger partial charge in [-0.05, 0) is 30.9 Å². The Balaban J connectivity index is 1.60. The second kappa shape index (κ2) is 11.1. The van der Waals surface area contributed by atoms with Crippen LogP contribution in [0.5, 0.6) is 0 Å². The van der Waals surface area contributed by atoms with Crippen LogP contribution in [0.4, 0.5) is 5.13 Å². The molecule has 3 rings (SSSR count). The SMILES string of the molecule is CN(CCCc1ccccc1)c1nc(Cl)c(C=C2SC(=S)N(CCCC(=O)O)C2=O)s1. The quantitative estimate of drug-likeness (QED) is 0.370. The molecular weight excluding hydrogens is 474 g/mol. The van der Waals surface area contributed by atoms with E-state index in [2.05, 4.69) is 22.0 Å². The number of rotatable bonds is 10. The van der Waals surface area contributed by atoms with Crippen LogP contribution in [0, 0.1) is 0 Å². The van der Waals surface area contributed by atoms with E-state index in [1.165, 1.54) is 33.6 Å². The van der Waals surface area contributed by atoms with Crippen LogP contribution in [-0.4, -0.2) is 51.3 Å². The van der Waals surface area contributed by atoms with Crippen LogP contribution in [0.1, 0.15) is 29.7 Å². The van der Waals surface area contributed by atoms with Crippen molar-refractivity contribution >= 4 is 74.3 Å². The summed E-state index contributed by atoms with van der Waals surface area (Å²) in [6.07, 6.45) is 4.05. The Bertz CT molecular complexity index is 994. The number of benzene rings is 1. The topological polar surface area (TPSA) is 73.7 Å². The van der Waals surface area contributed by atoms with Crippen LogP contribution >= 0.6 is 46.9 Å². The summed E-state index contributed by atoms with van der Waals surface area (Å²) in [5.74, 6) is -1.11. The summed E-state index contributed by atoms with van der Waals surface area (Å²) in [6, 6.07) is 10.3. The third kappa shape index (κ3) is 6.52. The van der Waals surface area contributed by atoms with E-state index >= 15 is 0 Å². The molecule has 1 amide bonds. The number of aliphatic carboxylic acids is 1. The number of nitrogens with zero attached hydrogens (tertiary/aromatic N) is 3. The van der Waals surface area contributed by atoms with Gasteiger partial charge in [0.05, 0.1) is 9.78 Å². The molecule has 1 aromatic carbocycles. The van der Waals surface area contributed by atoms with Crippen LogP contribution in [-0.2, 0) is 16.0 Å². The molecule has 1 saturated heterocycles. The Hall–Kier alpha value is -1.94. The first-order valence-electron chi connectivity index (χ1n) is 9.73. The van der Waals surface area contributed by atoms with Crippen molar-refractivity contribution < 1.29 is 14.7 Å². The molecule has 1 fully saturated rings. The Morgan fingerprint density at radius 1 is 1.32 bits per heavy atom. The van der Waals surface area contributed by atoms with Crippen molar-refractivity contribution in [2.45, 2.75) is 25.7 Å². The molecule has 1 aromatic heterocycles. The number of carboxylic acids is 1. The summed E-state index contributed by atoms with van der Waals surface area (Å²) in [4.78, 5) is 32.5. The third-order valence-electron chi connectivity index (χ3n) is 4.63. The summed E-state index contributed by atoms with van der Waals surface area (Å²) in [5, 5.41) is 9.92. The predicted molar refractivity (Wildman–Crippen MR) is 132 cm³/mol. The number of hydrogen-bond donors (Lipinski definition) is 1. The first kappa shape index (κ1) is 23.7. The zero-order valence-corrected chi connectivity index (χ0v) is 20.1. The number of carbonyl (C=O) groups is 2. The smallest absolute Gasteiger partial charge is 0.303 e. The largest absolute Gasteiger partial charge is 0.481 e. The normalized spacial score (nSPS) is 15.2. The zero-order chi connectivity index (χ0) is 22.4. The van der Waals surface area contributed by atoms with Crippen molar-refractivity contribution in [3.05, 3.63) is 50.8 Å². The zero-order valence-electron chi connectivity index (χ0n) is 16.9. The van der Waals surface area contributed by atoms with Gasteiger partial charge in [0.1, 0.15) is 9.47 Å². The van der Waals surface area contributed by atoms with Gasteiger partial charge < -0.3 is 10.0 Å². The van der Waals surface area contributed by atoms with Crippen molar-refractivity contribution in [3.8, 4) is 0 Å². The summed E-state index contributed by atoms with van der Waals surface area (Å²) < 4.78 is 0.431. The molecule has 1 aliphatic rings. The van der Waals surface area contributed by atoms with E-state index in [0.29, 0.717) is 32.2 Å². The van der Waals surface area contributed by atoms with E-state index in [9.17, 15) is 9.59 Å². The van der Waals surface area contributed by atoms with E-state index in [1.807, 2.05) is 25.2 Å². The van der Waals surface area contributed by atoms with Crippen molar-refractivity contribution in [1.82, 2.24) is 9.88 Å². The van der Waals surface area contributed by atoms with E-state index in [0.717, 1.165) is 24.5 Å². The maximum Gasteiger partial charge on any atom is 0.303 e. The summed E-state index contributed by atoms with van der Waals surface area (Å²) in [5.41, 5.74) is 1.30. The summed E-state index contributed by atoms with van der Waals surface area (Å²) >= 11 is 14.2. The Morgan fingerprint density at radius 3 is 2.77 bits per heavy atom. The van der Waals surface area contributed by atoms with Gasteiger partial charge in [-0.2, -0.15) is 0 Å². The van der Waals surface area contributed by atoms with Crippen molar-refractivity contribution in [2.75, 3.05) is 25.0 Å². The molecule has 6 nitrogen and oxygen atoms in total.